The summed E-state index contributed by atoms with van der Waals surface area (Å²) in [5.74, 6) is 6.28. The van der Waals surface area contributed by atoms with Gasteiger partial charge in [-0.15, -0.1) is 0 Å². The molecule has 1 rings (SSSR count). The highest BCUT2D eigenvalue weighted by molar-refractivity contribution is 5.38. The Morgan fingerprint density at radius 2 is 2.06 bits per heavy atom. The van der Waals surface area contributed by atoms with Gasteiger partial charge in [0.2, 0.25) is 0 Å². The Kier molecular flexibility index (Phi) is 3.92. The first-order valence-electron chi connectivity index (χ1n) is 5.24. The van der Waals surface area contributed by atoms with Gasteiger partial charge in [-0.3, -0.25) is 4.98 Å². The van der Waals surface area contributed by atoms with Crippen molar-refractivity contribution in [2.24, 2.45) is 0 Å². The minimum atomic E-state index is -0.991. The molecule has 0 bridgehead atoms. The fourth-order valence-corrected chi connectivity index (χ4v) is 1.05. The lowest BCUT2D eigenvalue weighted by atomic mass is 10.1. The molecular formula is C13H17NO2. The van der Waals surface area contributed by atoms with Crippen LogP contribution in [0.25, 0.3) is 0 Å². The maximum atomic E-state index is 9.47. The first-order chi connectivity index (χ1) is 7.37. The Morgan fingerprint density at radius 3 is 2.62 bits per heavy atom. The third kappa shape index (κ3) is 4.81. The van der Waals surface area contributed by atoms with Gasteiger partial charge in [-0.25, -0.2) is 0 Å². The first kappa shape index (κ1) is 12.5. The molecule has 0 aliphatic carbocycles. The van der Waals surface area contributed by atoms with Crippen LogP contribution in [0.1, 0.15) is 33.3 Å². The average Bonchev–Trinajstić information content (AvgIpc) is 2.13. The van der Waals surface area contributed by atoms with Crippen LogP contribution in [0.4, 0.5) is 0 Å². The van der Waals surface area contributed by atoms with Crippen molar-refractivity contribution in [3.05, 3.63) is 24.0 Å². The summed E-state index contributed by atoms with van der Waals surface area (Å²) in [5, 5.41) is 9.47. The fraction of sp³-hybridized carbons (Fsp3) is 0.462. The third-order valence-electron chi connectivity index (χ3n) is 1.60. The zero-order valence-electron chi connectivity index (χ0n) is 10.1. The highest BCUT2D eigenvalue weighted by atomic mass is 16.5. The number of rotatable bonds is 2. The maximum Gasteiger partial charge on any atom is 0.139 e. The molecule has 0 radical (unpaired) electrons. The van der Waals surface area contributed by atoms with Crippen molar-refractivity contribution in [2.45, 2.75) is 39.4 Å². The second kappa shape index (κ2) is 5.00. The topological polar surface area (TPSA) is 42.4 Å². The lowest BCUT2D eigenvalue weighted by molar-refractivity contribution is 0.143. The van der Waals surface area contributed by atoms with E-state index in [0.29, 0.717) is 5.75 Å². The lowest BCUT2D eigenvalue weighted by Crippen LogP contribution is -2.14. The van der Waals surface area contributed by atoms with E-state index in [1.807, 2.05) is 19.9 Å². The van der Waals surface area contributed by atoms with Crippen molar-refractivity contribution >= 4 is 0 Å². The molecule has 0 aliphatic heterocycles. The molecule has 1 aromatic rings. The lowest BCUT2D eigenvalue weighted by Gasteiger charge is -2.09. The van der Waals surface area contributed by atoms with Crippen LogP contribution in [0.15, 0.2) is 18.5 Å². The van der Waals surface area contributed by atoms with Gasteiger partial charge < -0.3 is 9.84 Å². The van der Waals surface area contributed by atoms with E-state index in [0.717, 1.165) is 5.56 Å². The normalized spacial score (nSPS) is 10.9. The molecule has 1 aromatic heterocycles. The molecular weight excluding hydrogens is 202 g/mol. The molecule has 0 atom stereocenters. The summed E-state index contributed by atoms with van der Waals surface area (Å²) >= 11 is 0. The van der Waals surface area contributed by atoms with Gasteiger partial charge in [0, 0.05) is 11.8 Å². The SMILES string of the molecule is CC(C)Oc1cncc(C#CC(C)(C)O)c1. The third-order valence-corrected chi connectivity index (χ3v) is 1.60. The molecule has 0 amide bonds. The van der Waals surface area contributed by atoms with E-state index in [1.54, 1.807) is 26.2 Å². The Morgan fingerprint density at radius 1 is 1.38 bits per heavy atom. The van der Waals surface area contributed by atoms with Crippen LogP contribution in [-0.4, -0.2) is 21.8 Å². The zero-order chi connectivity index (χ0) is 12.2. The summed E-state index contributed by atoms with van der Waals surface area (Å²) in [5.41, 5.74) is -0.255. The second-order valence-electron chi connectivity index (χ2n) is 4.38. The molecule has 0 fully saturated rings. The average molecular weight is 219 g/mol. The van der Waals surface area contributed by atoms with Gasteiger partial charge in [-0.1, -0.05) is 11.8 Å². The van der Waals surface area contributed by atoms with Crippen molar-refractivity contribution in [3.63, 3.8) is 0 Å². The minimum Gasteiger partial charge on any atom is -0.489 e. The molecule has 0 saturated carbocycles. The summed E-state index contributed by atoms with van der Waals surface area (Å²) in [6.07, 6.45) is 3.40. The van der Waals surface area contributed by atoms with E-state index in [9.17, 15) is 5.11 Å². The van der Waals surface area contributed by atoms with E-state index in [2.05, 4.69) is 16.8 Å². The first-order valence-corrected chi connectivity index (χ1v) is 5.24. The Labute approximate surface area is 96.5 Å². The van der Waals surface area contributed by atoms with Crippen molar-refractivity contribution in [1.29, 1.82) is 0 Å². The van der Waals surface area contributed by atoms with E-state index < -0.39 is 5.60 Å². The van der Waals surface area contributed by atoms with Crippen LogP contribution in [0.5, 0.6) is 5.75 Å². The molecule has 3 heteroatoms. The number of nitrogens with zero attached hydrogens (tertiary/aromatic N) is 1. The summed E-state index contributed by atoms with van der Waals surface area (Å²) in [4.78, 5) is 4.03. The summed E-state index contributed by atoms with van der Waals surface area (Å²) in [6.45, 7) is 7.19. The summed E-state index contributed by atoms with van der Waals surface area (Å²) < 4.78 is 5.49. The molecule has 3 nitrogen and oxygen atoms in total. The number of pyridine rings is 1. The van der Waals surface area contributed by atoms with Crippen molar-refractivity contribution < 1.29 is 9.84 Å². The fourth-order valence-electron chi connectivity index (χ4n) is 1.05. The molecule has 0 unspecified atom stereocenters. The van der Waals surface area contributed by atoms with Crippen LogP contribution in [-0.2, 0) is 0 Å². The second-order valence-corrected chi connectivity index (χ2v) is 4.38. The quantitative estimate of drug-likeness (QED) is 0.773. The van der Waals surface area contributed by atoms with Crippen LogP contribution >= 0.6 is 0 Å². The zero-order valence-corrected chi connectivity index (χ0v) is 10.1. The van der Waals surface area contributed by atoms with Gasteiger partial charge in [0.25, 0.3) is 0 Å². The van der Waals surface area contributed by atoms with Crippen molar-refractivity contribution in [1.82, 2.24) is 4.98 Å². The van der Waals surface area contributed by atoms with E-state index in [-0.39, 0.29) is 6.10 Å². The molecule has 16 heavy (non-hydrogen) atoms. The molecule has 0 aliphatic rings. The van der Waals surface area contributed by atoms with Gasteiger partial charge in [0.15, 0.2) is 0 Å². The van der Waals surface area contributed by atoms with Crippen LogP contribution < -0.4 is 4.74 Å². The molecule has 1 N–H and O–H groups in total. The number of aliphatic hydroxyl groups is 1. The predicted molar refractivity (Wildman–Crippen MR) is 63.2 cm³/mol. The number of aromatic nitrogens is 1. The van der Waals surface area contributed by atoms with Crippen molar-refractivity contribution in [2.75, 3.05) is 0 Å². The van der Waals surface area contributed by atoms with Gasteiger partial charge in [-0.05, 0) is 33.8 Å². The number of hydrogen-bond acceptors (Lipinski definition) is 3. The largest absolute Gasteiger partial charge is 0.489 e. The highest BCUT2D eigenvalue weighted by Gasteiger charge is 2.06. The molecule has 86 valence electrons. The standard InChI is InChI=1S/C13H17NO2/c1-10(2)16-12-7-11(8-14-9-12)5-6-13(3,4)15/h7-10,15H,1-4H3. The smallest absolute Gasteiger partial charge is 0.139 e. The Bertz CT molecular complexity index is 408. The number of hydrogen-bond donors (Lipinski definition) is 1. The van der Waals surface area contributed by atoms with E-state index >= 15 is 0 Å². The monoisotopic (exact) mass is 219 g/mol. The van der Waals surface area contributed by atoms with Gasteiger partial charge in [0.05, 0.1) is 12.3 Å². The van der Waals surface area contributed by atoms with Gasteiger partial charge in [0.1, 0.15) is 11.4 Å². The molecule has 0 aromatic carbocycles. The highest BCUT2D eigenvalue weighted by Crippen LogP contribution is 2.12. The van der Waals surface area contributed by atoms with Gasteiger partial charge >= 0.3 is 0 Å². The van der Waals surface area contributed by atoms with Crippen LogP contribution in [0.3, 0.4) is 0 Å². The number of ether oxygens (including phenoxy) is 1. The molecule has 1 heterocycles. The Balaban J connectivity index is 2.85. The Hall–Kier alpha value is -1.53. The predicted octanol–water partition coefficient (Wildman–Crippen LogP) is 1.99. The van der Waals surface area contributed by atoms with Crippen molar-refractivity contribution in [3.8, 4) is 17.6 Å². The minimum absolute atomic E-state index is 0.110. The van der Waals surface area contributed by atoms with Crippen LogP contribution in [0, 0.1) is 11.8 Å². The van der Waals surface area contributed by atoms with Crippen LogP contribution in [0.2, 0.25) is 0 Å². The van der Waals surface area contributed by atoms with E-state index in [4.69, 9.17) is 4.74 Å². The van der Waals surface area contributed by atoms with E-state index in [1.165, 1.54) is 0 Å². The summed E-state index contributed by atoms with van der Waals surface area (Å²) in [7, 11) is 0. The maximum absolute atomic E-state index is 9.47. The molecule has 0 spiro atoms. The molecule has 0 saturated heterocycles. The van der Waals surface area contributed by atoms with Gasteiger partial charge in [-0.2, -0.15) is 0 Å². The summed E-state index contributed by atoms with van der Waals surface area (Å²) in [6, 6.07) is 1.81.